The van der Waals surface area contributed by atoms with E-state index >= 15 is 0 Å². The summed E-state index contributed by atoms with van der Waals surface area (Å²) in [6.45, 7) is 1.79. The third-order valence-electron chi connectivity index (χ3n) is 5.46. The topological polar surface area (TPSA) is 230 Å². The Balaban J connectivity index is 1.26. The third kappa shape index (κ3) is 7.16. The summed E-state index contributed by atoms with van der Waals surface area (Å²) in [4.78, 5) is 71.0. The number of phosphoric acid groups is 2. The van der Waals surface area contributed by atoms with Gasteiger partial charge in [0.25, 0.3) is 11.1 Å². The van der Waals surface area contributed by atoms with E-state index in [-0.39, 0.29) is 11.1 Å². The van der Waals surface area contributed by atoms with E-state index < -0.39 is 76.0 Å². The lowest BCUT2D eigenvalue weighted by Crippen LogP contribution is -2.33. The summed E-state index contributed by atoms with van der Waals surface area (Å²) in [6.07, 6.45) is 4.54. The van der Waals surface area contributed by atoms with E-state index in [4.69, 9.17) is 18.5 Å². The molecule has 2 aliphatic rings. The molecule has 4 heterocycles. The third-order valence-corrected chi connectivity index (χ3v) is 8.06. The fraction of sp³-hybridized carbons (Fsp3) is 0.400. The molecule has 17 nitrogen and oxygen atoms in total. The maximum Gasteiger partial charge on any atom is 0.481 e. The van der Waals surface area contributed by atoms with E-state index in [0.717, 1.165) is 9.13 Å². The molecule has 0 spiro atoms. The molecule has 0 fully saturated rings. The zero-order valence-corrected chi connectivity index (χ0v) is 22.2. The van der Waals surface area contributed by atoms with E-state index in [1.54, 1.807) is 0 Å². The molecule has 39 heavy (non-hydrogen) atoms. The van der Waals surface area contributed by atoms with Gasteiger partial charge in [0.2, 0.25) is 0 Å². The molecule has 19 heteroatoms. The van der Waals surface area contributed by atoms with Gasteiger partial charge in [-0.2, -0.15) is 4.31 Å². The summed E-state index contributed by atoms with van der Waals surface area (Å²) >= 11 is 0. The minimum atomic E-state index is -5.13. The average molecular weight is 590 g/mol. The molecule has 0 aliphatic carbocycles. The summed E-state index contributed by atoms with van der Waals surface area (Å²) in [5.41, 5.74) is -2.06. The van der Waals surface area contributed by atoms with Crippen molar-refractivity contribution in [1.29, 1.82) is 0 Å². The monoisotopic (exact) mass is 590 g/mol. The second-order valence-corrected chi connectivity index (χ2v) is 11.5. The molecule has 0 saturated heterocycles. The van der Waals surface area contributed by atoms with E-state index in [9.17, 15) is 38.1 Å². The van der Waals surface area contributed by atoms with Crippen LogP contribution in [0, 0.1) is 13.8 Å². The lowest BCUT2D eigenvalue weighted by molar-refractivity contribution is -0.0149. The van der Waals surface area contributed by atoms with E-state index in [1.807, 2.05) is 0 Å². The quantitative estimate of drug-likeness (QED) is 0.209. The summed E-state index contributed by atoms with van der Waals surface area (Å²) in [7, 11) is -10.3. The van der Waals surface area contributed by atoms with E-state index in [2.05, 4.69) is 14.3 Å². The Morgan fingerprint density at radius 2 is 1.15 bits per heavy atom. The Morgan fingerprint density at radius 3 is 1.54 bits per heavy atom. The Hall–Kier alpha value is -2.98. The molecule has 2 unspecified atom stereocenters. The van der Waals surface area contributed by atoms with Crippen LogP contribution in [0.2, 0.25) is 0 Å². The van der Waals surface area contributed by atoms with Crippen molar-refractivity contribution in [2.24, 2.45) is 0 Å². The van der Waals surface area contributed by atoms with Crippen LogP contribution < -0.4 is 22.5 Å². The Labute approximate surface area is 218 Å². The number of nitrogens with zero attached hydrogens (tertiary/aromatic N) is 2. The summed E-state index contributed by atoms with van der Waals surface area (Å²) in [6, 6.07) is 0. The van der Waals surface area contributed by atoms with Gasteiger partial charge < -0.3 is 19.3 Å². The van der Waals surface area contributed by atoms with Crippen LogP contribution in [0.4, 0.5) is 0 Å². The number of ether oxygens (including phenoxy) is 2. The minimum absolute atomic E-state index is 0.257. The molecule has 0 amide bonds. The van der Waals surface area contributed by atoms with Crippen molar-refractivity contribution >= 4 is 15.6 Å². The molecule has 0 saturated carbocycles. The molecule has 2 aliphatic heterocycles. The number of H-pyrrole nitrogens is 2. The number of nitrogens with one attached hydrogen (secondary N) is 2. The van der Waals surface area contributed by atoms with Crippen LogP contribution in [0.1, 0.15) is 23.6 Å². The maximum absolute atomic E-state index is 12.2. The van der Waals surface area contributed by atoms with Crippen LogP contribution >= 0.6 is 15.6 Å². The standard InChI is InChI=1S/C20H24N4O13P2/c1-11-7-23(19(27)21-17(11)25)15-5-3-13(35-15)9-33-38(29,30)37-39(31,32)34-10-14-4-6-16(36-14)24-8-12(2)18(26)22-20(24)28/h3-8,13-16H,9-10H2,1-2H3,(H,29,30)(H,31,32)(H,21,25,27)(H,22,26,28)/t13-,14+,15+,16-. The number of hydrogen-bond donors (Lipinski definition) is 4. The van der Waals surface area contributed by atoms with Gasteiger partial charge >= 0.3 is 27.0 Å². The highest BCUT2D eigenvalue weighted by Crippen LogP contribution is 2.60. The van der Waals surface area contributed by atoms with Gasteiger partial charge in [-0.1, -0.05) is 12.2 Å². The van der Waals surface area contributed by atoms with Gasteiger partial charge in [-0.05, 0) is 26.0 Å². The minimum Gasteiger partial charge on any atom is -0.344 e. The summed E-state index contributed by atoms with van der Waals surface area (Å²) in [5, 5.41) is 0. The van der Waals surface area contributed by atoms with Crippen LogP contribution in [-0.4, -0.2) is 54.3 Å². The van der Waals surface area contributed by atoms with Gasteiger partial charge in [0.1, 0.15) is 12.2 Å². The fourth-order valence-electron chi connectivity index (χ4n) is 3.55. The van der Waals surface area contributed by atoms with Crippen molar-refractivity contribution in [2.45, 2.75) is 38.5 Å². The van der Waals surface area contributed by atoms with Crippen molar-refractivity contribution in [2.75, 3.05) is 13.2 Å². The van der Waals surface area contributed by atoms with Crippen molar-refractivity contribution in [3.8, 4) is 0 Å². The molecule has 2 aromatic heterocycles. The van der Waals surface area contributed by atoms with Crippen LogP contribution in [0.5, 0.6) is 0 Å². The second kappa shape index (κ2) is 11.3. The van der Waals surface area contributed by atoms with Crippen LogP contribution in [-0.2, 0) is 32.0 Å². The zero-order chi connectivity index (χ0) is 28.5. The first kappa shape index (κ1) is 29.0. The van der Waals surface area contributed by atoms with Gasteiger partial charge in [-0.15, -0.1) is 0 Å². The number of hydrogen-bond acceptors (Lipinski definition) is 11. The lowest BCUT2D eigenvalue weighted by Gasteiger charge is -2.20. The molecule has 6 atom stereocenters. The molecule has 4 N–H and O–H groups in total. The first-order valence-electron chi connectivity index (χ1n) is 11.2. The second-order valence-electron chi connectivity index (χ2n) is 8.47. The number of phosphoric ester groups is 2. The molecular formula is C20H24N4O13P2. The first-order valence-corrected chi connectivity index (χ1v) is 14.2. The highest BCUT2D eigenvalue weighted by molar-refractivity contribution is 7.61. The van der Waals surface area contributed by atoms with Crippen molar-refractivity contribution in [1.82, 2.24) is 19.1 Å². The van der Waals surface area contributed by atoms with E-state index in [1.165, 1.54) is 50.5 Å². The SMILES string of the molecule is Cc1cn([C@@H]2C=C[C@H](COP(=O)(O)OP(=O)(O)OC[C@@H]3C=C[C@H](n4cc(C)c(=O)[nH]c4=O)O3)O2)c(=O)[nH]c1=O. The highest BCUT2D eigenvalue weighted by atomic mass is 31.3. The van der Waals surface area contributed by atoms with Gasteiger partial charge in [0.15, 0.2) is 12.5 Å². The first-order chi connectivity index (χ1) is 18.2. The van der Waals surface area contributed by atoms with Gasteiger partial charge in [-0.25, -0.2) is 18.7 Å². The highest BCUT2D eigenvalue weighted by Gasteiger charge is 2.37. The zero-order valence-electron chi connectivity index (χ0n) is 20.4. The average Bonchev–Trinajstić information content (AvgIpc) is 3.50. The Morgan fingerprint density at radius 1 is 0.769 bits per heavy atom. The normalized spacial score (nSPS) is 25.5. The van der Waals surface area contributed by atoms with Gasteiger partial charge in [0.05, 0.1) is 13.2 Å². The maximum atomic E-state index is 12.2. The van der Waals surface area contributed by atoms with Crippen LogP contribution in [0.25, 0.3) is 0 Å². The number of aryl methyl sites for hydroxylation is 2. The van der Waals surface area contributed by atoms with Crippen molar-refractivity contribution in [3.63, 3.8) is 0 Å². The van der Waals surface area contributed by atoms with Crippen LogP contribution in [0.15, 0.2) is 55.9 Å². The summed E-state index contributed by atoms with van der Waals surface area (Å²) in [5.74, 6) is 0. The fourth-order valence-corrected chi connectivity index (χ4v) is 5.64. The molecular weight excluding hydrogens is 566 g/mol. The number of aromatic amines is 2. The number of rotatable bonds is 10. The molecule has 2 aromatic rings. The molecule has 0 radical (unpaired) electrons. The van der Waals surface area contributed by atoms with Crippen LogP contribution in [0.3, 0.4) is 0 Å². The predicted molar refractivity (Wildman–Crippen MR) is 131 cm³/mol. The van der Waals surface area contributed by atoms with E-state index in [0.29, 0.717) is 0 Å². The molecule has 0 aromatic carbocycles. The van der Waals surface area contributed by atoms with Gasteiger partial charge in [0, 0.05) is 23.5 Å². The van der Waals surface area contributed by atoms with Crippen molar-refractivity contribution in [3.05, 3.63) is 89.5 Å². The largest absolute Gasteiger partial charge is 0.481 e. The lowest BCUT2D eigenvalue weighted by atomic mass is 10.3. The van der Waals surface area contributed by atoms with Crippen molar-refractivity contribution < 1.29 is 41.7 Å². The molecule has 212 valence electrons. The Kier molecular flexibility index (Phi) is 8.37. The Bertz CT molecular complexity index is 1520. The smallest absolute Gasteiger partial charge is 0.344 e. The van der Waals surface area contributed by atoms with Gasteiger partial charge in [-0.3, -0.25) is 37.7 Å². The molecule has 4 rings (SSSR count). The molecule has 0 bridgehead atoms. The predicted octanol–water partition coefficient (Wildman–Crippen LogP) is -0.139. The summed E-state index contributed by atoms with van der Waals surface area (Å²) < 4.78 is 51.4. The number of aromatic nitrogens is 4.